The molecule has 0 aromatic carbocycles. The van der Waals surface area contributed by atoms with E-state index in [2.05, 4.69) is 74.6 Å². The van der Waals surface area contributed by atoms with Crippen molar-refractivity contribution in [3.8, 4) is 0 Å². The number of rotatable bonds is 37. The fraction of sp³-hybridized carbons (Fsp3) is 0.714. The second kappa shape index (κ2) is 38.4. The molecule has 0 aromatic heterocycles. The molecule has 0 amide bonds. The van der Waals surface area contributed by atoms with E-state index >= 15 is 0 Å². The number of ether oxygens (including phenoxy) is 2. The third-order valence-corrected chi connectivity index (χ3v) is 9.11. The van der Waals surface area contributed by atoms with Crippen LogP contribution in [0.3, 0.4) is 0 Å². The van der Waals surface area contributed by atoms with Crippen LogP contribution in [-0.4, -0.2) is 49.3 Å². The molecular weight excluding hydrogens is 677 g/mol. The zero-order valence-corrected chi connectivity index (χ0v) is 33.7. The van der Waals surface area contributed by atoms with Gasteiger partial charge in [-0.3, -0.25) is 18.6 Å². The van der Waals surface area contributed by atoms with Gasteiger partial charge in [0.05, 0.1) is 13.2 Å². The Balaban J connectivity index is 4.26. The van der Waals surface area contributed by atoms with Crippen LogP contribution in [0.15, 0.2) is 60.8 Å². The van der Waals surface area contributed by atoms with Gasteiger partial charge in [-0.1, -0.05) is 126 Å². The molecule has 2 atom stereocenters. The highest BCUT2D eigenvalue weighted by Gasteiger charge is 2.25. The largest absolute Gasteiger partial charge is 0.472 e. The summed E-state index contributed by atoms with van der Waals surface area (Å²) in [5.74, 6) is -0.881. The Morgan fingerprint density at radius 3 is 1.52 bits per heavy atom. The molecule has 0 spiro atoms. The molecule has 0 aliphatic carbocycles. The van der Waals surface area contributed by atoms with Crippen LogP contribution in [0.25, 0.3) is 0 Å². The second-order valence-corrected chi connectivity index (χ2v) is 14.6. The number of phosphoric ester groups is 1. The van der Waals surface area contributed by atoms with Crippen LogP contribution >= 0.6 is 7.82 Å². The van der Waals surface area contributed by atoms with Crippen LogP contribution in [-0.2, 0) is 32.7 Å². The quantitative estimate of drug-likeness (QED) is 0.0275. The SMILES string of the molecule is CCCCC/C=C\C/C=C\C/C=C\C/C=C\CCCCCC(=O)OC[C@H](COP(=O)(O)OCCN)OC(=O)CCCCCCC/C=C\CCCCC. The minimum atomic E-state index is -4.38. The lowest BCUT2D eigenvalue weighted by atomic mass is 10.1. The molecule has 0 aromatic rings. The second-order valence-electron chi connectivity index (χ2n) is 13.1. The first-order valence-electron chi connectivity index (χ1n) is 20.3. The topological polar surface area (TPSA) is 134 Å². The highest BCUT2D eigenvalue weighted by atomic mass is 31.2. The van der Waals surface area contributed by atoms with E-state index in [1.165, 1.54) is 44.9 Å². The molecule has 0 bridgehead atoms. The van der Waals surface area contributed by atoms with Crippen molar-refractivity contribution in [2.24, 2.45) is 5.73 Å². The van der Waals surface area contributed by atoms with Crippen molar-refractivity contribution in [3.05, 3.63) is 60.8 Å². The molecule has 0 saturated carbocycles. The summed E-state index contributed by atoms with van der Waals surface area (Å²) in [4.78, 5) is 34.7. The number of phosphoric acid groups is 1. The summed E-state index contributed by atoms with van der Waals surface area (Å²) >= 11 is 0. The Morgan fingerprint density at radius 2 is 1.00 bits per heavy atom. The Kier molecular flexibility index (Phi) is 36.7. The van der Waals surface area contributed by atoms with E-state index in [-0.39, 0.29) is 32.6 Å². The summed E-state index contributed by atoms with van der Waals surface area (Å²) in [6.07, 6.45) is 43.9. The highest BCUT2D eigenvalue weighted by molar-refractivity contribution is 7.47. The van der Waals surface area contributed by atoms with Gasteiger partial charge in [0.2, 0.25) is 0 Å². The molecule has 0 rings (SSSR count). The summed E-state index contributed by atoms with van der Waals surface area (Å²) in [5.41, 5.74) is 5.33. The van der Waals surface area contributed by atoms with Crippen LogP contribution < -0.4 is 5.73 Å². The van der Waals surface area contributed by atoms with Crippen molar-refractivity contribution in [1.29, 1.82) is 0 Å². The van der Waals surface area contributed by atoms with E-state index in [1.807, 2.05) is 0 Å². The minimum absolute atomic E-state index is 0.0449. The van der Waals surface area contributed by atoms with E-state index in [1.54, 1.807) is 0 Å². The number of nitrogens with two attached hydrogens (primary N) is 1. The van der Waals surface area contributed by atoms with Gasteiger partial charge in [-0.15, -0.1) is 0 Å². The molecule has 10 heteroatoms. The van der Waals surface area contributed by atoms with Crippen LogP contribution in [0.5, 0.6) is 0 Å². The van der Waals surface area contributed by atoms with Gasteiger partial charge in [0, 0.05) is 19.4 Å². The number of hydrogen-bond donors (Lipinski definition) is 2. The Labute approximate surface area is 317 Å². The van der Waals surface area contributed by atoms with Crippen molar-refractivity contribution in [2.75, 3.05) is 26.4 Å². The van der Waals surface area contributed by atoms with Crippen molar-refractivity contribution in [1.82, 2.24) is 0 Å². The third-order valence-electron chi connectivity index (χ3n) is 8.13. The number of carbonyl (C=O) groups is 2. The van der Waals surface area contributed by atoms with Crippen molar-refractivity contribution in [3.63, 3.8) is 0 Å². The first-order chi connectivity index (χ1) is 25.3. The Bertz CT molecular complexity index is 1040. The van der Waals surface area contributed by atoms with E-state index < -0.39 is 32.5 Å². The van der Waals surface area contributed by atoms with Crippen LogP contribution in [0.1, 0.15) is 162 Å². The van der Waals surface area contributed by atoms with Crippen molar-refractivity contribution >= 4 is 19.8 Å². The highest BCUT2D eigenvalue weighted by Crippen LogP contribution is 2.43. The summed E-state index contributed by atoms with van der Waals surface area (Å²) in [6, 6.07) is 0. The fourth-order valence-electron chi connectivity index (χ4n) is 5.08. The standard InChI is InChI=1S/C42H74NO8P/c1-3-5-7-9-11-13-15-17-18-19-20-21-22-23-25-26-28-30-32-34-41(44)48-38-40(39-50-52(46,47)49-37-36-43)51-42(45)35-33-31-29-27-24-16-14-12-10-8-6-4-2/h11-14,17-18,20-21,23,25,40H,3-10,15-16,19,22,24,26-39,43H2,1-2H3,(H,46,47)/b13-11-,14-12-,18-17-,21-20-,25-23-/t40-/m1/s1. The van der Waals surface area contributed by atoms with Gasteiger partial charge in [0.1, 0.15) is 6.61 Å². The van der Waals surface area contributed by atoms with Gasteiger partial charge in [0.15, 0.2) is 6.10 Å². The maximum Gasteiger partial charge on any atom is 0.472 e. The maximum atomic E-state index is 12.5. The molecule has 0 saturated heterocycles. The smallest absolute Gasteiger partial charge is 0.462 e. The number of esters is 2. The molecule has 0 fully saturated rings. The fourth-order valence-corrected chi connectivity index (χ4v) is 5.85. The third kappa shape index (κ3) is 37.5. The van der Waals surface area contributed by atoms with Crippen LogP contribution in [0.4, 0.5) is 0 Å². The van der Waals surface area contributed by atoms with E-state index in [4.69, 9.17) is 24.3 Å². The summed E-state index contributed by atoms with van der Waals surface area (Å²) < 4.78 is 32.6. The van der Waals surface area contributed by atoms with Gasteiger partial charge < -0.3 is 20.1 Å². The zero-order chi connectivity index (χ0) is 38.2. The lowest BCUT2D eigenvalue weighted by molar-refractivity contribution is -0.161. The molecule has 1 unspecified atom stereocenters. The average molecular weight is 752 g/mol. The first-order valence-corrected chi connectivity index (χ1v) is 21.8. The van der Waals surface area contributed by atoms with Crippen molar-refractivity contribution in [2.45, 2.75) is 168 Å². The van der Waals surface area contributed by atoms with Crippen LogP contribution in [0.2, 0.25) is 0 Å². The monoisotopic (exact) mass is 752 g/mol. The van der Waals surface area contributed by atoms with Gasteiger partial charge >= 0.3 is 19.8 Å². The molecule has 0 radical (unpaired) electrons. The first kappa shape index (κ1) is 49.7. The molecule has 3 N–H and O–H groups in total. The normalized spacial score (nSPS) is 14.0. The van der Waals surface area contributed by atoms with Gasteiger partial charge in [-0.05, 0) is 83.5 Å². The molecule has 0 heterocycles. The zero-order valence-electron chi connectivity index (χ0n) is 32.8. The molecule has 52 heavy (non-hydrogen) atoms. The minimum Gasteiger partial charge on any atom is -0.462 e. The summed E-state index contributed by atoms with van der Waals surface area (Å²) in [5, 5.41) is 0. The number of allylic oxidation sites excluding steroid dienone is 10. The van der Waals surface area contributed by atoms with Gasteiger partial charge in [-0.25, -0.2) is 4.57 Å². The van der Waals surface area contributed by atoms with Crippen molar-refractivity contribution < 1.29 is 37.6 Å². The molecule has 300 valence electrons. The average Bonchev–Trinajstić information content (AvgIpc) is 3.13. The number of unbranched alkanes of at least 4 members (excludes halogenated alkanes) is 14. The molecular formula is C42H74NO8P. The van der Waals surface area contributed by atoms with Gasteiger partial charge in [0.25, 0.3) is 0 Å². The molecule has 0 aliphatic heterocycles. The maximum absolute atomic E-state index is 12.5. The number of hydrogen-bond acceptors (Lipinski definition) is 8. The van der Waals surface area contributed by atoms with E-state index in [9.17, 15) is 19.0 Å². The lowest BCUT2D eigenvalue weighted by Crippen LogP contribution is -2.29. The Morgan fingerprint density at radius 1 is 0.577 bits per heavy atom. The predicted octanol–water partition coefficient (Wildman–Crippen LogP) is 11.3. The van der Waals surface area contributed by atoms with Gasteiger partial charge in [-0.2, -0.15) is 0 Å². The summed E-state index contributed by atoms with van der Waals surface area (Å²) in [6.45, 7) is 3.61. The molecule has 9 nitrogen and oxygen atoms in total. The predicted molar refractivity (Wildman–Crippen MR) is 215 cm³/mol. The Hall–Kier alpha value is -2.29. The summed E-state index contributed by atoms with van der Waals surface area (Å²) in [7, 11) is -4.38. The van der Waals surface area contributed by atoms with Crippen LogP contribution in [0, 0.1) is 0 Å². The lowest BCUT2D eigenvalue weighted by Gasteiger charge is -2.19. The van der Waals surface area contributed by atoms with E-state index in [0.717, 1.165) is 77.0 Å². The van der Waals surface area contributed by atoms with E-state index in [0.29, 0.717) is 12.8 Å². The number of carbonyl (C=O) groups excluding carboxylic acids is 2. The molecule has 0 aliphatic rings.